The third-order valence-corrected chi connectivity index (χ3v) is 6.35. The van der Waals surface area contributed by atoms with Crippen molar-refractivity contribution >= 4 is 38.9 Å². The quantitative estimate of drug-likeness (QED) is 0.379. The number of rotatable bonds is 5. The number of carbonyl (C=O) groups is 1. The van der Waals surface area contributed by atoms with Gasteiger partial charge in [0.15, 0.2) is 0 Å². The molecule has 0 aliphatic rings. The third-order valence-electron chi connectivity index (χ3n) is 5.36. The van der Waals surface area contributed by atoms with Gasteiger partial charge in [-0.2, -0.15) is 0 Å². The number of benzene rings is 3. The molecule has 5 aromatic rings. The lowest BCUT2D eigenvalue weighted by Crippen LogP contribution is -2.28. The lowest BCUT2D eigenvalue weighted by molar-refractivity contribution is 0.0952. The molecule has 1 amide bonds. The fourth-order valence-electron chi connectivity index (χ4n) is 3.86. The van der Waals surface area contributed by atoms with E-state index < -0.39 is 0 Å². The van der Waals surface area contributed by atoms with Gasteiger partial charge in [0, 0.05) is 40.0 Å². The summed E-state index contributed by atoms with van der Waals surface area (Å²) in [6.45, 7) is 0.550. The Bertz CT molecular complexity index is 1290. The molecule has 0 saturated heterocycles. The number of aromatic amines is 1. The predicted molar refractivity (Wildman–Crippen MR) is 121 cm³/mol. The molecule has 3 nitrogen and oxygen atoms in total. The van der Waals surface area contributed by atoms with E-state index in [1.807, 2.05) is 42.5 Å². The maximum Gasteiger partial charge on any atom is 0.251 e. The highest BCUT2D eigenvalue weighted by Gasteiger charge is 2.20. The van der Waals surface area contributed by atoms with Crippen molar-refractivity contribution in [2.75, 3.05) is 6.54 Å². The average molecular weight is 397 g/mol. The summed E-state index contributed by atoms with van der Waals surface area (Å²) in [5, 5.41) is 8.66. The van der Waals surface area contributed by atoms with Crippen molar-refractivity contribution in [1.82, 2.24) is 10.3 Å². The monoisotopic (exact) mass is 396 g/mol. The number of fused-ring (bicyclic) bond motifs is 2. The van der Waals surface area contributed by atoms with E-state index in [9.17, 15) is 4.79 Å². The van der Waals surface area contributed by atoms with Crippen LogP contribution in [0.25, 0.3) is 21.7 Å². The summed E-state index contributed by atoms with van der Waals surface area (Å²) in [7, 11) is 0. The Kier molecular flexibility index (Phi) is 4.62. The second kappa shape index (κ2) is 7.57. The first-order chi connectivity index (χ1) is 14.3. The van der Waals surface area contributed by atoms with Crippen LogP contribution in [0.5, 0.6) is 0 Å². The highest BCUT2D eigenvalue weighted by atomic mass is 32.1. The fourth-order valence-corrected chi connectivity index (χ4v) is 4.71. The number of hydrogen-bond donors (Lipinski definition) is 2. The molecule has 1 atom stereocenters. The second-order valence-corrected chi connectivity index (χ2v) is 8.11. The van der Waals surface area contributed by atoms with Crippen molar-refractivity contribution in [3.8, 4) is 0 Å². The van der Waals surface area contributed by atoms with E-state index in [0.717, 1.165) is 16.3 Å². The SMILES string of the molecule is O=C(NC[C@@H](c1cccs1)c1c[nH]c2ccccc12)c1ccc2ccccc2c1. The van der Waals surface area contributed by atoms with Gasteiger partial charge in [-0.05, 0) is 46.0 Å². The molecule has 0 radical (unpaired) electrons. The lowest BCUT2D eigenvalue weighted by Gasteiger charge is -2.16. The lowest BCUT2D eigenvalue weighted by atomic mass is 9.96. The Balaban J connectivity index is 1.43. The molecule has 2 heterocycles. The largest absolute Gasteiger partial charge is 0.361 e. The number of hydrogen-bond acceptors (Lipinski definition) is 2. The van der Waals surface area contributed by atoms with E-state index in [1.54, 1.807) is 11.3 Å². The van der Waals surface area contributed by atoms with Crippen LogP contribution in [0.4, 0.5) is 0 Å². The molecule has 3 aromatic carbocycles. The molecule has 0 spiro atoms. The molecule has 29 heavy (non-hydrogen) atoms. The van der Waals surface area contributed by atoms with E-state index in [-0.39, 0.29) is 11.8 Å². The van der Waals surface area contributed by atoms with Crippen molar-refractivity contribution in [2.24, 2.45) is 0 Å². The molecule has 2 aromatic heterocycles. The molecule has 0 unspecified atom stereocenters. The fraction of sp³-hybridized carbons (Fsp3) is 0.0800. The van der Waals surface area contributed by atoms with E-state index in [0.29, 0.717) is 12.1 Å². The molecule has 0 aliphatic heterocycles. The second-order valence-electron chi connectivity index (χ2n) is 7.13. The molecule has 0 bridgehead atoms. The number of H-pyrrole nitrogens is 1. The van der Waals surface area contributed by atoms with Gasteiger partial charge in [-0.15, -0.1) is 11.3 Å². The number of nitrogens with one attached hydrogen (secondary N) is 2. The van der Waals surface area contributed by atoms with Crippen LogP contribution in [0, 0.1) is 0 Å². The Morgan fingerprint density at radius 3 is 2.62 bits per heavy atom. The van der Waals surface area contributed by atoms with Crippen LogP contribution in [0.15, 0.2) is 90.4 Å². The predicted octanol–water partition coefficient (Wildman–Crippen LogP) is 5.94. The van der Waals surface area contributed by atoms with Crippen LogP contribution in [0.2, 0.25) is 0 Å². The summed E-state index contributed by atoms with van der Waals surface area (Å²) >= 11 is 1.72. The minimum absolute atomic E-state index is 0.0443. The number of carbonyl (C=O) groups excluding carboxylic acids is 1. The van der Waals surface area contributed by atoms with Gasteiger partial charge >= 0.3 is 0 Å². The summed E-state index contributed by atoms with van der Waals surface area (Å²) < 4.78 is 0. The van der Waals surface area contributed by atoms with E-state index in [4.69, 9.17) is 0 Å². The Morgan fingerprint density at radius 2 is 1.76 bits per heavy atom. The Hall–Kier alpha value is -3.37. The topological polar surface area (TPSA) is 44.9 Å². The van der Waals surface area contributed by atoms with Gasteiger partial charge < -0.3 is 10.3 Å². The van der Waals surface area contributed by atoms with Crippen LogP contribution in [-0.2, 0) is 0 Å². The summed E-state index contributed by atoms with van der Waals surface area (Å²) in [5.74, 6) is 0.0627. The van der Waals surface area contributed by atoms with Crippen LogP contribution >= 0.6 is 11.3 Å². The van der Waals surface area contributed by atoms with Crippen molar-refractivity contribution < 1.29 is 4.79 Å². The van der Waals surface area contributed by atoms with Crippen LogP contribution < -0.4 is 5.32 Å². The minimum atomic E-state index is -0.0443. The maximum absolute atomic E-state index is 12.9. The molecule has 0 aliphatic carbocycles. The smallest absolute Gasteiger partial charge is 0.251 e. The molecule has 4 heteroatoms. The summed E-state index contributed by atoms with van der Waals surface area (Å²) in [6.07, 6.45) is 2.07. The number of para-hydroxylation sites is 1. The van der Waals surface area contributed by atoms with Crippen LogP contribution in [0.1, 0.15) is 26.7 Å². The molecule has 0 fully saturated rings. The van der Waals surface area contributed by atoms with Crippen molar-refractivity contribution in [1.29, 1.82) is 0 Å². The Morgan fingerprint density at radius 1 is 0.931 bits per heavy atom. The maximum atomic E-state index is 12.9. The van der Waals surface area contributed by atoms with Gasteiger partial charge in [0.05, 0.1) is 0 Å². The van der Waals surface area contributed by atoms with Crippen molar-refractivity contribution in [2.45, 2.75) is 5.92 Å². The molecule has 142 valence electrons. The van der Waals surface area contributed by atoms with Gasteiger partial charge in [0.1, 0.15) is 0 Å². The molecule has 5 rings (SSSR count). The molecular weight excluding hydrogens is 376 g/mol. The number of amides is 1. The van der Waals surface area contributed by atoms with Gasteiger partial charge in [0.25, 0.3) is 5.91 Å². The normalized spacial score (nSPS) is 12.3. The Labute approximate surface area is 173 Å². The summed E-state index contributed by atoms with van der Waals surface area (Å²) in [5.41, 5.74) is 3.01. The molecular formula is C25H20N2OS. The first kappa shape index (κ1) is 17.7. The average Bonchev–Trinajstić information content (AvgIpc) is 3.44. The van der Waals surface area contributed by atoms with E-state index >= 15 is 0 Å². The van der Waals surface area contributed by atoms with Crippen LogP contribution in [0.3, 0.4) is 0 Å². The highest BCUT2D eigenvalue weighted by Crippen LogP contribution is 2.32. The zero-order valence-electron chi connectivity index (χ0n) is 15.8. The first-order valence-corrected chi connectivity index (χ1v) is 10.5. The first-order valence-electron chi connectivity index (χ1n) is 9.66. The third kappa shape index (κ3) is 3.43. The van der Waals surface area contributed by atoms with Gasteiger partial charge in [0.2, 0.25) is 0 Å². The number of aromatic nitrogens is 1. The standard InChI is InChI=1S/C25H20N2OS/c28-25(19-12-11-17-6-1-2-7-18(17)14-19)27-16-22(24-10-5-13-29-24)21-15-26-23-9-4-3-8-20(21)23/h1-15,22,26H,16H2,(H,27,28)/t22-/m1/s1. The van der Waals surface area contributed by atoms with Crippen molar-refractivity contribution in [3.05, 3.63) is 106 Å². The molecule has 2 N–H and O–H groups in total. The van der Waals surface area contributed by atoms with Crippen LogP contribution in [-0.4, -0.2) is 17.4 Å². The zero-order chi connectivity index (χ0) is 19.6. The molecule has 0 saturated carbocycles. The van der Waals surface area contributed by atoms with Gasteiger partial charge in [-0.3, -0.25) is 4.79 Å². The van der Waals surface area contributed by atoms with Crippen molar-refractivity contribution in [3.63, 3.8) is 0 Å². The van der Waals surface area contributed by atoms with E-state index in [2.05, 4.69) is 58.3 Å². The summed E-state index contributed by atoms with van der Waals surface area (Å²) in [4.78, 5) is 17.5. The zero-order valence-corrected chi connectivity index (χ0v) is 16.6. The minimum Gasteiger partial charge on any atom is -0.361 e. The van der Waals surface area contributed by atoms with Gasteiger partial charge in [-0.1, -0.05) is 54.6 Å². The van der Waals surface area contributed by atoms with E-state index in [1.165, 1.54) is 15.8 Å². The summed E-state index contributed by atoms with van der Waals surface area (Å²) in [6, 6.07) is 26.4. The highest BCUT2D eigenvalue weighted by molar-refractivity contribution is 7.10. The number of thiophene rings is 1. The van der Waals surface area contributed by atoms with Gasteiger partial charge in [-0.25, -0.2) is 0 Å².